The smallest absolute Gasteiger partial charge is 0.359 e. The molecule has 2 atom stereocenters. The van der Waals surface area contributed by atoms with Gasteiger partial charge in [0, 0.05) is 31.7 Å². The first-order chi connectivity index (χ1) is 9.62. The van der Waals surface area contributed by atoms with Gasteiger partial charge in [-0.05, 0) is 18.9 Å². The molecule has 0 aromatic carbocycles. The Hall–Kier alpha value is -1.36. The summed E-state index contributed by atoms with van der Waals surface area (Å²) in [5.74, 6) is -0.0327. The molecule has 0 amide bonds. The Morgan fingerprint density at radius 3 is 2.48 bits per heavy atom. The first kappa shape index (κ1) is 16.0. The van der Waals surface area contributed by atoms with E-state index in [2.05, 4.69) is 39.7 Å². The summed E-state index contributed by atoms with van der Waals surface area (Å²) in [4.78, 5) is 12.3. The zero-order chi connectivity index (χ0) is 16.0. The molecule has 118 valence electrons. The number of hydrogen-bond acceptors (Lipinski definition) is 4. The van der Waals surface area contributed by atoms with Gasteiger partial charge in [-0.2, -0.15) is 5.10 Å². The van der Waals surface area contributed by atoms with E-state index < -0.39 is 0 Å². The molecule has 0 bridgehead atoms. The Bertz CT molecular complexity index is 548. The largest absolute Gasteiger partial charge is 0.457 e. The molecule has 1 fully saturated rings. The normalized spacial score (nSPS) is 27.5. The van der Waals surface area contributed by atoms with Crippen molar-refractivity contribution < 1.29 is 14.3 Å². The second kappa shape index (κ2) is 5.13. The molecule has 2 rings (SSSR count). The van der Waals surface area contributed by atoms with E-state index in [1.165, 1.54) is 0 Å². The predicted molar refractivity (Wildman–Crippen MR) is 80.3 cm³/mol. The molecule has 5 nitrogen and oxygen atoms in total. The third-order valence-corrected chi connectivity index (χ3v) is 5.16. The highest BCUT2D eigenvalue weighted by Crippen LogP contribution is 2.53. The van der Waals surface area contributed by atoms with Crippen LogP contribution < -0.4 is 0 Å². The van der Waals surface area contributed by atoms with Crippen molar-refractivity contribution in [3.63, 3.8) is 0 Å². The van der Waals surface area contributed by atoms with E-state index in [1.807, 2.05) is 13.1 Å². The molecule has 21 heavy (non-hydrogen) atoms. The lowest BCUT2D eigenvalue weighted by molar-refractivity contribution is -0.229. The number of esters is 1. The SMILES string of the molecule is CO[C@]1(C)C[C@H](OC(=O)c2cc(C(C)C)n(C)n2)C1(C)C. The molecule has 0 aliphatic heterocycles. The lowest BCUT2D eigenvalue weighted by atomic mass is 9.57. The lowest BCUT2D eigenvalue weighted by Gasteiger charge is -2.57. The summed E-state index contributed by atoms with van der Waals surface area (Å²) in [6, 6.07) is 1.81. The van der Waals surface area contributed by atoms with E-state index >= 15 is 0 Å². The van der Waals surface area contributed by atoms with Crippen molar-refractivity contribution in [3.8, 4) is 0 Å². The highest BCUT2D eigenvalue weighted by atomic mass is 16.6. The summed E-state index contributed by atoms with van der Waals surface area (Å²) in [5, 5.41) is 4.26. The Morgan fingerprint density at radius 1 is 1.43 bits per heavy atom. The molecule has 0 N–H and O–H groups in total. The van der Waals surface area contributed by atoms with Crippen LogP contribution in [-0.2, 0) is 16.5 Å². The zero-order valence-corrected chi connectivity index (χ0v) is 14.1. The van der Waals surface area contributed by atoms with E-state index in [1.54, 1.807) is 11.8 Å². The maximum absolute atomic E-state index is 12.3. The van der Waals surface area contributed by atoms with Crippen molar-refractivity contribution in [2.75, 3.05) is 7.11 Å². The van der Waals surface area contributed by atoms with Gasteiger partial charge in [0.05, 0.1) is 5.60 Å². The van der Waals surface area contributed by atoms with Crippen molar-refractivity contribution in [2.24, 2.45) is 12.5 Å². The van der Waals surface area contributed by atoms with E-state index in [4.69, 9.17) is 9.47 Å². The van der Waals surface area contributed by atoms with Gasteiger partial charge in [-0.3, -0.25) is 4.68 Å². The van der Waals surface area contributed by atoms with Crippen LogP contribution in [0.3, 0.4) is 0 Å². The third-order valence-electron chi connectivity index (χ3n) is 5.16. The van der Waals surface area contributed by atoms with Gasteiger partial charge in [0.2, 0.25) is 0 Å². The quantitative estimate of drug-likeness (QED) is 0.801. The summed E-state index contributed by atoms with van der Waals surface area (Å²) in [7, 11) is 3.55. The third kappa shape index (κ3) is 2.48. The first-order valence-electron chi connectivity index (χ1n) is 7.42. The molecular formula is C16H26N2O3. The number of aryl methyl sites for hydroxylation is 1. The minimum Gasteiger partial charge on any atom is -0.457 e. The monoisotopic (exact) mass is 294 g/mol. The van der Waals surface area contributed by atoms with Crippen molar-refractivity contribution >= 4 is 5.97 Å². The Labute approximate surface area is 126 Å². The molecule has 1 aliphatic carbocycles. The number of aromatic nitrogens is 2. The molecule has 1 aliphatic rings. The predicted octanol–water partition coefficient (Wildman–Crippen LogP) is 2.90. The number of carbonyl (C=O) groups excluding carboxylic acids is 1. The van der Waals surface area contributed by atoms with Crippen molar-refractivity contribution in [1.82, 2.24) is 9.78 Å². The number of methoxy groups -OCH3 is 1. The van der Waals surface area contributed by atoms with Crippen LogP contribution >= 0.6 is 0 Å². The maximum atomic E-state index is 12.3. The molecule has 0 unspecified atom stereocenters. The first-order valence-corrected chi connectivity index (χ1v) is 7.42. The minimum absolute atomic E-state index is 0.139. The maximum Gasteiger partial charge on any atom is 0.359 e. The van der Waals surface area contributed by atoms with Crippen LogP contribution in [-0.4, -0.2) is 34.6 Å². The average Bonchev–Trinajstić information content (AvgIpc) is 2.80. The van der Waals surface area contributed by atoms with Crippen LogP contribution in [0.1, 0.15) is 63.1 Å². The van der Waals surface area contributed by atoms with Gasteiger partial charge in [-0.15, -0.1) is 0 Å². The zero-order valence-electron chi connectivity index (χ0n) is 14.1. The van der Waals surface area contributed by atoms with Gasteiger partial charge in [0.25, 0.3) is 0 Å². The van der Waals surface area contributed by atoms with E-state index in [9.17, 15) is 4.79 Å². The van der Waals surface area contributed by atoms with E-state index in [-0.39, 0.29) is 23.1 Å². The summed E-state index contributed by atoms with van der Waals surface area (Å²) in [5.41, 5.74) is 0.956. The molecule has 1 heterocycles. The van der Waals surface area contributed by atoms with Crippen LogP contribution in [0.25, 0.3) is 0 Å². The lowest BCUT2D eigenvalue weighted by Crippen LogP contribution is -2.64. The van der Waals surface area contributed by atoms with Gasteiger partial charge < -0.3 is 9.47 Å². The van der Waals surface area contributed by atoms with Crippen molar-refractivity contribution in [1.29, 1.82) is 0 Å². The number of carbonyl (C=O) groups is 1. The Kier molecular flexibility index (Phi) is 3.91. The molecule has 1 aromatic rings. The highest BCUT2D eigenvalue weighted by molar-refractivity contribution is 5.87. The fraction of sp³-hybridized carbons (Fsp3) is 0.750. The van der Waals surface area contributed by atoms with Crippen LogP contribution in [0.2, 0.25) is 0 Å². The second-order valence-electron chi connectivity index (χ2n) is 6.99. The van der Waals surface area contributed by atoms with Crippen LogP contribution in [0.5, 0.6) is 0 Å². The van der Waals surface area contributed by atoms with Gasteiger partial charge in [-0.1, -0.05) is 27.7 Å². The average molecular weight is 294 g/mol. The molecular weight excluding hydrogens is 268 g/mol. The summed E-state index contributed by atoms with van der Waals surface area (Å²) in [6.45, 7) is 10.3. The molecule has 0 saturated heterocycles. The number of ether oxygens (including phenoxy) is 2. The molecule has 0 spiro atoms. The number of nitrogens with zero attached hydrogens (tertiary/aromatic N) is 2. The van der Waals surface area contributed by atoms with Crippen molar-refractivity contribution in [3.05, 3.63) is 17.5 Å². The molecule has 1 saturated carbocycles. The Morgan fingerprint density at radius 2 is 2.05 bits per heavy atom. The van der Waals surface area contributed by atoms with Crippen LogP contribution in [0, 0.1) is 5.41 Å². The molecule has 1 aromatic heterocycles. The molecule has 0 radical (unpaired) electrons. The van der Waals surface area contributed by atoms with E-state index in [0.29, 0.717) is 18.0 Å². The van der Waals surface area contributed by atoms with E-state index in [0.717, 1.165) is 5.69 Å². The minimum atomic E-state index is -0.353. The van der Waals surface area contributed by atoms with Gasteiger partial charge in [-0.25, -0.2) is 4.79 Å². The number of rotatable bonds is 4. The topological polar surface area (TPSA) is 53.4 Å². The fourth-order valence-corrected chi connectivity index (χ4v) is 2.93. The molecule has 5 heteroatoms. The van der Waals surface area contributed by atoms with Crippen molar-refractivity contribution in [2.45, 2.75) is 58.7 Å². The Balaban J connectivity index is 2.08. The summed E-state index contributed by atoms with van der Waals surface area (Å²) in [6.07, 6.45) is 0.575. The fourth-order valence-electron chi connectivity index (χ4n) is 2.93. The van der Waals surface area contributed by atoms with Gasteiger partial charge >= 0.3 is 5.97 Å². The number of hydrogen-bond donors (Lipinski definition) is 0. The second-order valence-corrected chi connectivity index (χ2v) is 6.99. The van der Waals surface area contributed by atoms with Gasteiger partial charge in [0.1, 0.15) is 6.10 Å². The summed E-state index contributed by atoms with van der Waals surface area (Å²) >= 11 is 0. The highest BCUT2D eigenvalue weighted by Gasteiger charge is 2.60. The standard InChI is InChI=1S/C16H26N2O3/c1-10(2)12-8-11(17-18(12)6)14(19)21-13-9-16(5,20-7)15(13,3)4/h8,10,13H,9H2,1-7H3/t13-,16+/m0/s1. The summed E-state index contributed by atoms with van der Waals surface area (Å²) < 4.78 is 12.9. The van der Waals surface area contributed by atoms with Gasteiger partial charge in [0.15, 0.2) is 5.69 Å². The van der Waals surface area contributed by atoms with Crippen LogP contribution in [0.15, 0.2) is 6.07 Å². The van der Waals surface area contributed by atoms with Crippen LogP contribution in [0.4, 0.5) is 0 Å².